The van der Waals surface area contributed by atoms with Gasteiger partial charge in [0.15, 0.2) is 11.5 Å². The first-order chi connectivity index (χ1) is 12.5. The van der Waals surface area contributed by atoms with Gasteiger partial charge in [-0.1, -0.05) is 6.07 Å². The van der Waals surface area contributed by atoms with Gasteiger partial charge in [0.2, 0.25) is 0 Å². The number of methoxy groups -OCH3 is 1. The quantitative estimate of drug-likeness (QED) is 0.548. The molecule has 0 bridgehead atoms. The standard InChI is InChI=1S/C19H14FNO5/c1-25-19(24)13-3-2-4-14(17(13)22)21-18(23)16-10-9-15(26-16)11-5-7-12(20)8-6-11/h2-10,22H,1H3,(H,21,23). The molecule has 26 heavy (non-hydrogen) atoms. The summed E-state index contributed by atoms with van der Waals surface area (Å²) in [6.45, 7) is 0. The lowest BCUT2D eigenvalue weighted by Gasteiger charge is -2.09. The van der Waals surface area contributed by atoms with Gasteiger partial charge in [-0.15, -0.1) is 0 Å². The molecular formula is C19H14FNO5. The van der Waals surface area contributed by atoms with E-state index in [0.29, 0.717) is 11.3 Å². The predicted molar refractivity (Wildman–Crippen MR) is 91.5 cm³/mol. The zero-order valence-electron chi connectivity index (χ0n) is 13.7. The molecule has 0 aliphatic rings. The highest BCUT2D eigenvalue weighted by Crippen LogP contribution is 2.29. The average Bonchev–Trinajstić information content (AvgIpc) is 3.13. The average molecular weight is 355 g/mol. The fraction of sp³-hybridized carbons (Fsp3) is 0.0526. The van der Waals surface area contributed by atoms with Crippen LogP contribution in [0.3, 0.4) is 0 Å². The molecule has 2 aromatic carbocycles. The SMILES string of the molecule is COC(=O)c1cccc(NC(=O)c2ccc(-c3ccc(F)cc3)o2)c1O. The number of amides is 1. The Morgan fingerprint density at radius 3 is 2.50 bits per heavy atom. The van der Waals surface area contributed by atoms with Crippen LogP contribution in [-0.4, -0.2) is 24.1 Å². The van der Waals surface area contributed by atoms with Gasteiger partial charge in [-0.25, -0.2) is 9.18 Å². The van der Waals surface area contributed by atoms with Gasteiger partial charge in [0.25, 0.3) is 5.91 Å². The summed E-state index contributed by atoms with van der Waals surface area (Å²) < 4.78 is 23.0. The van der Waals surface area contributed by atoms with Crippen LogP contribution in [0.2, 0.25) is 0 Å². The third-order valence-electron chi connectivity index (χ3n) is 3.65. The summed E-state index contributed by atoms with van der Waals surface area (Å²) >= 11 is 0. The Balaban J connectivity index is 1.81. The second-order valence-electron chi connectivity index (χ2n) is 5.32. The topological polar surface area (TPSA) is 88.8 Å². The number of para-hydroxylation sites is 1. The Morgan fingerprint density at radius 1 is 1.08 bits per heavy atom. The maximum atomic E-state index is 13.0. The number of hydrogen-bond acceptors (Lipinski definition) is 5. The van der Waals surface area contributed by atoms with E-state index in [1.165, 1.54) is 55.6 Å². The van der Waals surface area contributed by atoms with Crippen LogP contribution in [0, 0.1) is 5.82 Å². The monoisotopic (exact) mass is 355 g/mol. The Kier molecular flexibility index (Phi) is 4.70. The Hall–Kier alpha value is -3.61. The minimum Gasteiger partial charge on any atom is -0.505 e. The van der Waals surface area contributed by atoms with E-state index in [1.54, 1.807) is 6.07 Å². The molecule has 0 radical (unpaired) electrons. The summed E-state index contributed by atoms with van der Waals surface area (Å²) in [5, 5.41) is 12.6. The summed E-state index contributed by atoms with van der Waals surface area (Å²) in [4.78, 5) is 23.9. The van der Waals surface area contributed by atoms with E-state index in [9.17, 15) is 19.1 Å². The molecule has 0 unspecified atom stereocenters. The molecule has 1 heterocycles. The van der Waals surface area contributed by atoms with Gasteiger partial charge in [-0.3, -0.25) is 4.79 Å². The second-order valence-corrected chi connectivity index (χ2v) is 5.32. The van der Waals surface area contributed by atoms with Gasteiger partial charge in [-0.2, -0.15) is 0 Å². The van der Waals surface area contributed by atoms with Crippen molar-refractivity contribution >= 4 is 17.6 Å². The molecule has 0 saturated heterocycles. The Bertz CT molecular complexity index is 962. The summed E-state index contributed by atoms with van der Waals surface area (Å²) in [7, 11) is 1.19. The summed E-state index contributed by atoms with van der Waals surface area (Å²) in [6.07, 6.45) is 0. The van der Waals surface area contributed by atoms with E-state index in [4.69, 9.17) is 4.42 Å². The van der Waals surface area contributed by atoms with Crippen molar-refractivity contribution < 1.29 is 28.2 Å². The van der Waals surface area contributed by atoms with E-state index < -0.39 is 17.6 Å². The molecule has 2 N–H and O–H groups in total. The van der Waals surface area contributed by atoms with Crippen LogP contribution in [0.15, 0.2) is 59.0 Å². The van der Waals surface area contributed by atoms with Crippen molar-refractivity contribution in [2.24, 2.45) is 0 Å². The molecule has 0 fully saturated rings. The number of esters is 1. The smallest absolute Gasteiger partial charge is 0.341 e. The zero-order chi connectivity index (χ0) is 18.7. The maximum Gasteiger partial charge on any atom is 0.341 e. The summed E-state index contributed by atoms with van der Waals surface area (Å²) in [5.74, 6) is -1.74. The van der Waals surface area contributed by atoms with Crippen LogP contribution in [-0.2, 0) is 4.74 Å². The highest BCUT2D eigenvalue weighted by molar-refractivity contribution is 6.05. The van der Waals surface area contributed by atoms with Crippen molar-refractivity contribution in [2.75, 3.05) is 12.4 Å². The van der Waals surface area contributed by atoms with Crippen molar-refractivity contribution in [1.82, 2.24) is 0 Å². The van der Waals surface area contributed by atoms with Gasteiger partial charge < -0.3 is 19.6 Å². The molecule has 7 heteroatoms. The molecule has 0 spiro atoms. The number of phenols is 1. The molecule has 3 aromatic rings. The summed E-state index contributed by atoms with van der Waals surface area (Å²) in [6, 6.07) is 13.0. The number of anilines is 1. The second kappa shape index (κ2) is 7.10. The van der Waals surface area contributed by atoms with E-state index in [2.05, 4.69) is 10.1 Å². The Morgan fingerprint density at radius 2 is 1.81 bits per heavy atom. The fourth-order valence-corrected chi connectivity index (χ4v) is 2.33. The van der Waals surface area contributed by atoms with Gasteiger partial charge >= 0.3 is 5.97 Å². The lowest BCUT2D eigenvalue weighted by Crippen LogP contribution is -2.12. The van der Waals surface area contributed by atoms with Crippen LogP contribution in [0.5, 0.6) is 5.75 Å². The Labute approximate surface area is 147 Å². The molecule has 0 aliphatic carbocycles. The minimum absolute atomic E-state index is 0.00723. The number of furan rings is 1. The number of ether oxygens (including phenoxy) is 1. The molecule has 0 atom stereocenters. The van der Waals surface area contributed by atoms with Crippen molar-refractivity contribution in [3.05, 3.63) is 71.7 Å². The van der Waals surface area contributed by atoms with Crippen LogP contribution >= 0.6 is 0 Å². The summed E-state index contributed by atoms with van der Waals surface area (Å²) in [5.41, 5.74) is 0.579. The number of benzene rings is 2. The van der Waals surface area contributed by atoms with Crippen LogP contribution in [0.25, 0.3) is 11.3 Å². The molecule has 0 aliphatic heterocycles. The molecule has 0 saturated carbocycles. The van der Waals surface area contributed by atoms with Crippen LogP contribution < -0.4 is 5.32 Å². The first kappa shape index (κ1) is 17.2. The molecule has 3 rings (SSSR count). The number of phenolic OH excluding ortho intramolecular Hbond substituents is 1. The van der Waals surface area contributed by atoms with Crippen molar-refractivity contribution in [3.8, 4) is 17.1 Å². The van der Waals surface area contributed by atoms with Crippen molar-refractivity contribution in [2.45, 2.75) is 0 Å². The first-order valence-electron chi connectivity index (χ1n) is 7.57. The number of halogens is 1. The van der Waals surface area contributed by atoms with Gasteiger partial charge in [0.05, 0.1) is 12.8 Å². The first-order valence-corrected chi connectivity index (χ1v) is 7.57. The van der Waals surface area contributed by atoms with E-state index >= 15 is 0 Å². The number of carbonyl (C=O) groups excluding carboxylic acids is 2. The lowest BCUT2D eigenvalue weighted by molar-refractivity contribution is 0.0597. The predicted octanol–water partition coefficient (Wildman–Crippen LogP) is 3.83. The maximum absolute atomic E-state index is 13.0. The number of nitrogens with one attached hydrogen (secondary N) is 1. The third kappa shape index (κ3) is 3.41. The number of hydrogen-bond donors (Lipinski definition) is 2. The van der Waals surface area contributed by atoms with E-state index in [1.807, 2.05) is 0 Å². The zero-order valence-corrected chi connectivity index (χ0v) is 13.7. The van der Waals surface area contributed by atoms with Crippen molar-refractivity contribution in [3.63, 3.8) is 0 Å². The highest BCUT2D eigenvalue weighted by Gasteiger charge is 2.18. The third-order valence-corrected chi connectivity index (χ3v) is 3.65. The molecular weight excluding hydrogens is 341 g/mol. The fourth-order valence-electron chi connectivity index (χ4n) is 2.33. The van der Waals surface area contributed by atoms with E-state index in [0.717, 1.165) is 0 Å². The normalized spacial score (nSPS) is 10.4. The van der Waals surface area contributed by atoms with Gasteiger partial charge in [-0.05, 0) is 48.5 Å². The van der Waals surface area contributed by atoms with Gasteiger partial charge in [0.1, 0.15) is 17.1 Å². The van der Waals surface area contributed by atoms with Crippen molar-refractivity contribution in [1.29, 1.82) is 0 Å². The number of rotatable bonds is 4. The molecule has 1 aromatic heterocycles. The molecule has 1 amide bonds. The number of aromatic hydroxyl groups is 1. The minimum atomic E-state index is -0.727. The van der Waals surface area contributed by atoms with Crippen LogP contribution in [0.1, 0.15) is 20.9 Å². The van der Waals surface area contributed by atoms with E-state index in [-0.39, 0.29) is 22.8 Å². The molecule has 6 nitrogen and oxygen atoms in total. The van der Waals surface area contributed by atoms with Crippen LogP contribution in [0.4, 0.5) is 10.1 Å². The highest BCUT2D eigenvalue weighted by atomic mass is 19.1. The molecule has 132 valence electrons. The largest absolute Gasteiger partial charge is 0.505 e. The number of carbonyl (C=O) groups is 2. The van der Waals surface area contributed by atoms with Gasteiger partial charge in [0, 0.05) is 5.56 Å². The lowest BCUT2D eigenvalue weighted by atomic mass is 10.1.